The molecule has 1 amide bonds. The summed E-state index contributed by atoms with van der Waals surface area (Å²) in [5, 5.41) is 2.31. The van der Waals surface area contributed by atoms with E-state index in [4.69, 9.17) is 0 Å². The van der Waals surface area contributed by atoms with Crippen molar-refractivity contribution in [2.45, 2.75) is 6.92 Å². The molecule has 0 unspecified atom stereocenters. The lowest BCUT2D eigenvalue weighted by Crippen LogP contribution is -2.13. The largest absolute Gasteiger partial charge is 0.319 e. The smallest absolute Gasteiger partial charge is 0.257 e. The number of aryl methyl sites for hydroxylation is 1. The summed E-state index contributed by atoms with van der Waals surface area (Å²) in [5.41, 5.74) is 0.224. The Morgan fingerprint density at radius 2 is 1.95 bits per heavy atom. The summed E-state index contributed by atoms with van der Waals surface area (Å²) in [7, 11) is 0. The van der Waals surface area contributed by atoms with Gasteiger partial charge >= 0.3 is 0 Å². The molecule has 1 aromatic heterocycles. The van der Waals surface area contributed by atoms with Gasteiger partial charge in [0.25, 0.3) is 5.91 Å². The van der Waals surface area contributed by atoms with Gasteiger partial charge in [-0.1, -0.05) is 0 Å². The standard InChI is InChI=1S/C13H9BrF2N2O/c1-7-2-11(16)12(4-10(7)15)18-13(19)8-3-9(14)6-17-5-8/h2-6H,1H3,(H,18,19). The van der Waals surface area contributed by atoms with Gasteiger partial charge in [-0.15, -0.1) is 0 Å². The number of hydrogen-bond acceptors (Lipinski definition) is 2. The van der Waals surface area contributed by atoms with E-state index >= 15 is 0 Å². The van der Waals surface area contributed by atoms with Crippen molar-refractivity contribution in [2.75, 3.05) is 5.32 Å². The molecule has 19 heavy (non-hydrogen) atoms. The molecule has 1 aromatic carbocycles. The highest BCUT2D eigenvalue weighted by Gasteiger charge is 2.12. The van der Waals surface area contributed by atoms with Crippen molar-refractivity contribution in [3.63, 3.8) is 0 Å². The predicted molar refractivity (Wildman–Crippen MR) is 71.0 cm³/mol. The zero-order valence-electron chi connectivity index (χ0n) is 9.88. The molecule has 0 fully saturated rings. The van der Waals surface area contributed by atoms with Crippen LogP contribution in [0.2, 0.25) is 0 Å². The molecule has 0 saturated carbocycles. The van der Waals surface area contributed by atoms with Crippen LogP contribution in [0.5, 0.6) is 0 Å². The summed E-state index contributed by atoms with van der Waals surface area (Å²) in [6, 6.07) is 3.52. The molecule has 0 atom stereocenters. The summed E-state index contributed by atoms with van der Waals surface area (Å²) < 4.78 is 27.5. The Labute approximate surface area is 116 Å². The first kappa shape index (κ1) is 13.6. The van der Waals surface area contributed by atoms with Crippen molar-refractivity contribution < 1.29 is 13.6 Å². The van der Waals surface area contributed by atoms with Gasteiger partial charge < -0.3 is 5.32 Å². The number of halogens is 3. The number of carbonyl (C=O) groups excluding carboxylic acids is 1. The third kappa shape index (κ3) is 3.14. The average molecular weight is 327 g/mol. The van der Waals surface area contributed by atoms with Crippen LogP contribution in [0.25, 0.3) is 0 Å². The number of hydrogen-bond donors (Lipinski definition) is 1. The normalized spacial score (nSPS) is 10.3. The average Bonchev–Trinajstić information content (AvgIpc) is 2.36. The van der Waals surface area contributed by atoms with Gasteiger partial charge in [0.15, 0.2) is 0 Å². The van der Waals surface area contributed by atoms with Gasteiger partial charge in [-0.2, -0.15) is 0 Å². The molecular formula is C13H9BrF2N2O. The zero-order valence-corrected chi connectivity index (χ0v) is 11.5. The fraction of sp³-hybridized carbons (Fsp3) is 0.0769. The second-order valence-electron chi connectivity index (χ2n) is 3.93. The van der Waals surface area contributed by atoms with Crippen LogP contribution in [0, 0.1) is 18.6 Å². The highest BCUT2D eigenvalue weighted by Crippen LogP contribution is 2.20. The molecule has 0 aliphatic rings. The van der Waals surface area contributed by atoms with Crippen LogP contribution in [-0.4, -0.2) is 10.9 Å². The molecule has 1 N–H and O–H groups in total. The highest BCUT2D eigenvalue weighted by molar-refractivity contribution is 9.10. The minimum Gasteiger partial charge on any atom is -0.319 e. The number of nitrogens with one attached hydrogen (secondary N) is 1. The van der Waals surface area contributed by atoms with Crippen molar-refractivity contribution >= 4 is 27.5 Å². The van der Waals surface area contributed by atoms with Gasteiger partial charge in [0, 0.05) is 22.9 Å². The third-order valence-corrected chi connectivity index (χ3v) is 2.90. The Balaban J connectivity index is 2.27. The molecule has 0 aliphatic carbocycles. The van der Waals surface area contributed by atoms with Crippen molar-refractivity contribution in [1.82, 2.24) is 4.98 Å². The lowest BCUT2D eigenvalue weighted by molar-refractivity contribution is 0.102. The number of anilines is 1. The van der Waals surface area contributed by atoms with E-state index in [9.17, 15) is 13.6 Å². The van der Waals surface area contributed by atoms with E-state index in [2.05, 4.69) is 26.2 Å². The Kier molecular flexibility index (Phi) is 3.90. The molecule has 0 bridgehead atoms. The van der Waals surface area contributed by atoms with Crippen LogP contribution >= 0.6 is 15.9 Å². The topological polar surface area (TPSA) is 42.0 Å². The second kappa shape index (κ2) is 5.44. The van der Waals surface area contributed by atoms with Crippen LogP contribution in [0.4, 0.5) is 14.5 Å². The van der Waals surface area contributed by atoms with Crippen molar-refractivity contribution in [3.05, 3.63) is 57.8 Å². The number of nitrogens with zero attached hydrogens (tertiary/aromatic N) is 1. The number of aromatic nitrogens is 1. The molecular weight excluding hydrogens is 318 g/mol. The fourth-order valence-corrected chi connectivity index (χ4v) is 1.84. The Morgan fingerprint density at radius 1 is 1.21 bits per heavy atom. The molecule has 1 heterocycles. The van der Waals surface area contributed by atoms with Gasteiger partial charge in [0.2, 0.25) is 0 Å². The number of carbonyl (C=O) groups is 1. The van der Waals surface area contributed by atoms with Crippen LogP contribution in [0.3, 0.4) is 0 Å². The molecule has 2 aromatic rings. The summed E-state index contributed by atoms with van der Waals surface area (Å²) >= 11 is 3.17. The van der Waals surface area contributed by atoms with Crippen molar-refractivity contribution in [1.29, 1.82) is 0 Å². The van der Waals surface area contributed by atoms with Crippen LogP contribution in [-0.2, 0) is 0 Å². The lowest BCUT2D eigenvalue weighted by atomic mass is 10.2. The first-order valence-corrected chi connectivity index (χ1v) is 6.14. The molecule has 98 valence electrons. The monoisotopic (exact) mass is 326 g/mol. The van der Waals surface area contributed by atoms with Gasteiger partial charge in [0.1, 0.15) is 11.6 Å². The Morgan fingerprint density at radius 3 is 2.63 bits per heavy atom. The molecule has 6 heteroatoms. The van der Waals surface area contributed by atoms with E-state index < -0.39 is 17.5 Å². The number of pyridine rings is 1. The first-order chi connectivity index (χ1) is 8.97. The molecule has 0 spiro atoms. The van der Waals surface area contributed by atoms with Crippen LogP contribution < -0.4 is 5.32 Å². The summed E-state index contributed by atoms with van der Waals surface area (Å²) in [5.74, 6) is -1.82. The second-order valence-corrected chi connectivity index (χ2v) is 4.84. The van der Waals surface area contributed by atoms with E-state index in [0.29, 0.717) is 4.47 Å². The van der Waals surface area contributed by atoms with Gasteiger partial charge in [-0.05, 0) is 40.5 Å². The SMILES string of the molecule is Cc1cc(F)c(NC(=O)c2cncc(Br)c2)cc1F. The summed E-state index contributed by atoms with van der Waals surface area (Å²) in [6.07, 6.45) is 2.85. The number of rotatable bonds is 2. The molecule has 0 radical (unpaired) electrons. The zero-order chi connectivity index (χ0) is 14.0. The van der Waals surface area contributed by atoms with E-state index in [1.54, 1.807) is 0 Å². The summed E-state index contributed by atoms with van der Waals surface area (Å²) in [4.78, 5) is 15.7. The van der Waals surface area contributed by atoms with E-state index in [1.165, 1.54) is 25.4 Å². The van der Waals surface area contributed by atoms with E-state index in [0.717, 1.165) is 12.1 Å². The minimum atomic E-state index is -0.685. The highest BCUT2D eigenvalue weighted by atomic mass is 79.9. The van der Waals surface area contributed by atoms with E-state index in [1.807, 2.05) is 0 Å². The van der Waals surface area contributed by atoms with Crippen LogP contribution in [0.1, 0.15) is 15.9 Å². The number of benzene rings is 1. The molecule has 3 nitrogen and oxygen atoms in total. The maximum atomic E-state index is 13.6. The van der Waals surface area contributed by atoms with Crippen molar-refractivity contribution in [3.8, 4) is 0 Å². The maximum absolute atomic E-state index is 13.6. The fourth-order valence-electron chi connectivity index (χ4n) is 1.47. The Bertz CT molecular complexity index is 647. The predicted octanol–water partition coefficient (Wildman–Crippen LogP) is 3.68. The molecule has 0 saturated heterocycles. The first-order valence-electron chi connectivity index (χ1n) is 5.35. The van der Waals surface area contributed by atoms with E-state index in [-0.39, 0.29) is 16.8 Å². The van der Waals surface area contributed by atoms with Gasteiger partial charge in [-0.25, -0.2) is 8.78 Å². The number of amides is 1. The minimum absolute atomic E-state index is 0.180. The van der Waals surface area contributed by atoms with Crippen LogP contribution in [0.15, 0.2) is 35.1 Å². The van der Waals surface area contributed by atoms with Gasteiger partial charge in [-0.3, -0.25) is 9.78 Å². The quantitative estimate of drug-likeness (QED) is 0.914. The molecule has 0 aliphatic heterocycles. The third-order valence-electron chi connectivity index (χ3n) is 2.46. The lowest BCUT2D eigenvalue weighted by Gasteiger charge is -2.08. The van der Waals surface area contributed by atoms with Crippen molar-refractivity contribution in [2.24, 2.45) is 0 Å². The maximum Gasteiger partial charge on any atom is 0.257 e. The van der Waals surface area contributed by atoms with Gasteiger partial charge in [0.05, 0.1) is 11.3 Å². The Hall–Kier alpha value is -1.82. The molecule has 2 rings (SSSR count). The summed E-state index contributed by atoms with van der Waals surface area (Å²) in [6.45, 7) is 1.45.